The molecule has 0 bridgehead atoms. The summed E-state index contributed by atoms with van der Waals surface area (Å²) in [5.74, 6) is 0.207. The number of alkyl halides is 3. The third kappa shape index (κ3) is 4.00. The second-order valence-electron chi connectivity index (χ2n) is 6.64. The number of hydrogen-bond donors (Lipinski definition) is 1. The standard InChI is InChI=1S/C19H18F3N5/c20-19(21,22)17-9-18(25-12-24-17)26-14-6-8-27(11-14)10-13-5-7-23-16-4-2-1-3-15(13)16/h1-5,7,9,12,14H,6,8,10-11H2,(H,24,25,26). The molecule has 140 valence electrons. The first-order valence-electron chi connectivity index (χ1n) is 8.70. The Morgan fingerprint density at radius 2 is 1.96 bits per heavy atom. The highest BCUT2D eigenvalue weighted by atomic mass is 19.4. The number of rotatable bonds is 4. The van der Waals surface area contributed by atoms with E-state index in [-0.39, 0.29) is 11.9 Å². The van der Waals surface area contributed by atoms with Crippen LogP contribution in [0.1, 0.15) is 17.7 Å². The zero-order valence-electron chi connectivity index (χ0n) is 14.4. The monoisotopic (exact) mass is 373 g/mol. The van der Waals surface area contributed by atoms with Crippen molar-refractivity contribution in [3.05, 3.63) is 60.2 Å². The van der Waals surface area contributed by atoms with E-state index in [1.165, 1.54) is 5.56 Å². The average molecular weight is 373 g/mol. The van der Waals surface area contributed by atoms with Crippen LogP contribution in [0, 0.1) is 0 Å². The lowest BCUT2D eigenvalue weighted by Crippen LogP contribution is -2.26. The van der Waals surface area contributed by atoms with Crippen LogP contribution >= 0.6 is 0 Å². The number of fused-ring (bicyclic) bond motifs is 1. The van der Waals surface area contributed by atoms with Crippen molar-refractivity contribution in [2.75, 3.05) is 18.4 Å². The van der Waals surface area contributed by atoms with Gasteiger partial charge in [-0.1, -0.05) is 18.2 Å². The number of pyridine rings is 1. The molecular formula is C19H18F3N5. The molecule has 0 radical (unpaired) electrons. The molecular weight excluding hydrogens is 355 g/mol. The maximum Gasteiger partial charge on any atom is 0.433 e. The fraction of sp³-hybridized carbons (Fsp3) is 0.316. The van der Waals surface area contributed by atoms with E-state index in [1.807, 2.05) is 30.5 Å². The van der Waals surface area contributed by atoms with E-state index in [1.54, 1.807) is 0 Å². The first-order chi connectivity index (χ1) is 13.0. The van der Waals surface area contributed by atoms with Crippen molar-refractivity contribution in [3.8, 4) is 0 Å². The Morgan fingerprint density at radius 1 is 1.11 bits per heavy atom. The van der Waals surface area contributed by atoms with E-state index in [9.17, 15) is 13.2 Å². The van der Waals surface area contributed by atoms with E-state index in [0.717, 1.165) is 49.4 Å². The van der Waals surface area contributed by atoms with E-state index in [0.29, 0.717) is 0 Å². The summed E-state index contributed by atoms with van der Waals surface area (Å²) in [5, 5.41) is 4.23. The smallest absolute Gasteiger partial charge is 0.366 e. The Hall–Kier alpha value is -2.74. The molecule has 1 unspecified atom stereocenters. The lowest BCUT2D eigenvalue weighted by molar-refractivity contribution is -0.141. The van der Waals surface area contributed by atoms with Gasteiger partial charge in [0.1, 0.15) is 17.8 Å². The van der Waals surface area contributed by atoms with Gasteiger partial charge in [-0.2, -0.15) is 13.2 Å². The summed E-state index contributed by atoms with van der Waals surface area (Å²) >= 11 is 0. The molecule has 1 aromatic carbocycles. The van der Waals surface area contributed by atoms with Gasteiger partial charge >= 0.3 is 6.18 Å². The Labute approximate surface area is 154 Å². The summed E-state index contributed by atoms with van der Waals surface area (Å²) in [7, 11) is 0. The Kier molecular flexibility index (Phi) is 4.65. The van der Waals surface area contributed by atoms with Crippen molar-refractivity contribution in [3.63, 3.8) is 0 Å². The van der Waals surface area contributed by atoms with Crippen LogP contribution in [0.3, 0.4) is 0 Å². The second-order valence-corrected chi connectivity index (χ2v) is 6.64. The molecule has 4 rings (SSSR count). The fourth-order valence-electron chi connectivity index (χ4n) is 3.43. The summed E-state index contributed by atoms with van der Waals surface area (Å²) in [6.45, 7) is 2.38. The van der Waals surface area contributed by atoms with Gasteiger partial charge in [-0.15, -0.1) is 0 Å². The van der Waals surface area contributed by atoms with Crippen LogP contribution in [0.4, 0.5) is 19.0 Å². The molecule has 27 heavy (non-hydrogen) atoms. The molecule has 0 amide bonds. The van der Waals surface area contributed by atoms with Crippen LogP contribution < -0.4 is 5.32 Å². The second kappa shape index (κ2) is 7.11. The van der Waals surface area contributed by atoms with E-state index in [4.69, 9.17) is 0 Å². The topological polar surface area (TPSA) is 53.9 Å². The SMILES string of the molecule is FC(F)(F)c1cc(NC2CCN(Cc3ccnc4ccccc34)C2)ncn1. The molecule has 1 fully saturated rings. The average Bonchev–Trinajstić information content (AvgIpc) is 3.08. The molecule has 1 atom stereocenters. The van der Waals surface area contributed by atoms with Gasteiger partial charge in [0.05, 0.1) is 5.52 Å². The van der Waals surface area contributed by atoms with Crippen LogP contribution in [0.5, 0.6) is 0 Å². The molecule has 0 spiro atoms. The highest BCUT2D eigenvalue weighted by Gasteiger charge is 2.33. The lowest BCUT2D eigenvalue weighted by atomic mass is 10.1. The number of hydrogen-bond acceptors (Lipinski definition) is 5. The molecule has 5 nitrogen and oxygen atoms in total. The summed E-state index contributed by atoms with van der Waals surface area (Å²) in [4.78, 5) is 13.9. The first kappa shape index (κ1) is 17.7. The highest BCUT2D eigenvalue weighted by molar-refractivity contribution is 5.81. The molecule has 1 aliphatic rings. The van der Waals surface area contributed by atoms with Gasteiger partial charge in [0.2, 0.25) is 0 Å². The zero-order valence-corrected chi connectivity index (χ0v) is 14.4. The van der Waals surface area contributed by atoms with Crippen molar-refractivity contribution in [1.29, 1.82) is 0 Å². The summed E-state index contributed by atoms with van der Waals surface area (Å²) in [5.41, 5.74) is 1.23. The van der Waals surface area contributed by atoms with E-state index < -0.39 is 11.9 Å². The van der Waals surface area contributed by atoms with Crippen LogP contribution in [0.25, 0.3) is 10.9 Å². The fourth-order valence-corrected chi connectivity index (χ4v) is 3.43. The number of likely N-dealkylation sites (tertiary alicyclic amines) is 1. The molecule has 2 aromatic heterocycles. The number of anilines is 1. The summed E-state index contributed by atoms with van der Waals surface area (Å²) in [6.07, 6.45) is -0.873. The third-order valence-corrected chi connectivity index (χ3v) is 4.72. The van der Waals surface area contributed by atoms with Gasteiger partial charge < -0.3 is 5.32 Å². The summed E-state index contributed by atoms with van der Waals surface area (Å²) in [6, 6.07) is 11.0. The van der Waals surface area contributed by atoms with Gasteiger partial charge in [-0.3, -0.25) is 9.88 Å². The number of nitrogens with one attached hydrogen (secondary N) is 1. The predicted molar refractivity (Wildman–Crippen MR) is 96.1 cm³/mol. The Morgan fingerprint density at radius 3 is 2.81 bits per heavy atom. The highest BCUT2D eigenvalue weighted by Crippen LogP contribution is 2.28. The minimum absolute atomic E-state index is 0.0501. The quantitative estimate of drug-likeness (QED) is 0.755. The van der Waals surface area contributed by atoms with Crippen molar-refractivity contribution in [2.24, 2.45) is 0 Å². The first-order valence-corrected chi connectivity index (χ1v) is 8.70. The molecule has 3 aromatic rings. The van der Waals surface area contributed by atoms with Crippen LogP contribution in [0.15, 0.2) is 48.9 Å². The molecule has 8 heteroatoms. The third-order valence-electron chi connectivity index (χ3n) is 4.72. The predicted octanol–water partition coefficient (Wildman–Crippen LogP) is 3.73. The zero-order chi connectivity index (χ0) is 18.9. The molecule has 1 N–H and O–H groups in total. The van der Waals surface area contributed by atoms with Gasteiger partial charge in [0.25, 0.3) is 0 Å². The Bertz CT molecular complexity index is 939. The van der Waals surface area contributed by atoms with Gasteiger partial charge in [0, 0.05) is 43.3 Å². The number of benzene rings is 1. The maximum absolute atomic E-state index is 12.8. The normalized spacial score (nSPS) is 18.1. The van der Waals surface area contributed by atoms with Crippen molar-refractivity contribution in [2.45, 2.75) is 25.2 Å². The largest absolute Gasteiger partial charge is 0.433 e. The maximum atomic E-state index is 12.8. The van der Waals surface area contributed by atoms with Crippen LogP contribution in [-0.2, 0) is 12.7 Å². The van der Waals surface area contributed by atoms with Crippen LogP contribution in [0.2, 0.25) is 0 Å². The number of para-hydroxylation sites is 1. The Balaban J connectivity index is 1.42. The minimum Gasteiger partial charge on any atom is -0.366 e. The molecule has 1 saturated heterocycles. The van der Waals surface area contributed by atoms with Crippen molar-refractivity contribution in [1.82, 2.24) is 19.9 Å². The van der Waals surface area contributed by atoms with Crippen molar-refractivity contribution >= 4 is 16.7 Å². The van der Waals surface area contributed by atoms with Gasteiger partial charge in [-0.05, 0) is 24.1 Å². The van der Waals surface area contributed by atoms with E-state index in [2.05, 4.69) is 31.2 Å². The summed E-state index contributed by atoms with van der Waals surface area (Å²) < 4.78 is 38.3. The molecule has 3 heterocycles. The minimum atomic E-state index is -4.47. The van der Waals surface area contributed by atoms with Gasteiger partial charge in [-0.25, -0.2) is 9.97 Å². The van der Waals surface area contributed by atoms with E-state index >= 15 is 0 Å². The lowest BCUT2D eigenvalue weighted by Gasteiger charge is -2.18. The molecule has 0 saturated carbocycles. The number of halogens is 3. The number of nitrogens with zero attached hydrogens (tertiary/aromatic N) is 4. The van der Waals surface area contributed by atoms with Crippen molar-refractivity contribution < 1.29 is 13.2 Å². The van der Waals surface area contributed by atoms with Crippen LogP contribution in [-0.4, -0.2) is 39.0 Å². The molecule has 1 aliphatic heterocycles. The van der Waals surface area contributed by atoms with Gasteiger partial charge in [0.15, 0.2) is 0 Å². The number of aromatic nitrogens is 3. The molecule has 0 aliphatic carbocycles.